The van der Waals surface area contributed by atoms with Gasteiger partial charge in [0.1, 0.15) is 5.65 Å². The maximum Gasteiger partial charge on any atom is 0.329 e. The minimum atomic E-state index is -4.08. The average Bonchev–Trinajstić information content (AvgIpc) is 2.80. The van der Waals surface area contributed by atoms with Crippen molar-refractivity contribution in [2.24, 2.45) is 4.99 Å². The maximum absolute atomic E-state index is 11.0. The van der Waals surface area contributed by atoms with Gasteiger partial charge in [0.05, 0.1) is 17.4 Å². The Balaban J connectivity index is 1.87. The van der Waals surface area contributed by atoms with Crippen LogP contribution in [0.5, 0.6) is 5.88 Å². The fraction of sp³-hybridized carbons (Fsp3) is 0.0667. The molecule has 0 aliphatic rings. The van der Waals surface area contributed by atoms with Gasteiger partial charge in [-0.2, -0.15) is 0 Å². The predicted octanol–water partition coefficient (Wildman–Crippen LogP) is 3.46. The summed E-state index contributed by atoms with van der Waals surface area (Å²) in [6, 6.07) is 8.35. The fourth-order valence-electron chi connectivity index (χ4n) is 2.25. The molecule has 0 atom stereocenters. The van der Waals surface area contributed by atoms with Gasteiger partial charge >= 0.3 is 7.60 Å². The molecule has 0 aliphatic heterocycles. The molecule has 2 heterocycles. The van der Waals surface area contributed by atoms with E-state index in [1.165, 1.54) is 6.21 Å². The number of nitrogens with zero attached hydrogens (tertiary/aromatic N) is 2. The number of benzene rings is 1. The molecule has 0 radical (unpaired) electrons. The third-order valence-electron chi connectivity index (χ3n) is 3.30. The Morgan fingerprint density at radius 2 is 2.00 bits per heavy atom. The molecule has 4 N–H and O–H groups in total. The Morgan fingerprint density at radius 3 is 2.67 bits per heavy atom. The van der Waals surface area contributed by atoms with Crippen LogP contribution in [0.15, 0.2) is 46.0 Å². The second-order valence-electron chi connectivity index (χ2n) is 5.18. The molecule has 124 valence electrons. The van der Waals surface area contributed by atoms with Gasteiger partial charge in [-0.15, -0.1) is 0 Å². The molecule has 3 aromatic rings. The van der Waals surface area contributed by atoms with E-state index in [0.717, 1.165) is 9.86 Å². The van der Waals surface area contributed by atoms with Gasteiger partial charge in [0.15, 0.2) is 5.88 Å². The first kappa shape index (κ1) is 16.9. The Kier molecular flexibility index (Phi) is 4.56. The summed E-state index contributed by atoms with van der Waals surface area (Å²) in [6.07, 6.45) is 2.83. The molecule has 0 fully saturated rings. The van der Waals surface area contributed by atoms with E-state index in [1.807, 2.05) is 6.07 Å². The highest BCUT2D eigenvalue weighted by molar-refractivity contribution is 9.10. The van der Waals surface area contributed by atoms with Crippen molar-refractivity contribution in [3.05, 3.63) is 52.1 Å². The zero-order valence-electron chi connectivity index (χ0n) is 12.2. The number of hydrogen-bond acceptors (Lipinski definition) is 4. The van der Waals surface area contributed by atoms with Gasteiger partial charge in [-0.3, -0.25) is 9.56 Å². The van der Waals surface area contributed by atoms with Gasteiger partial charge in [-0.05, 0) is 39.7 Å². The number of aromatic amines is 1. The van der Waals surface area contributed by atoms with Crippen molar-refractivity contribution in [2.75, 3.05) is 0 Å². The minimum absolute atomic E-state index is 0.0301. The van der Waals surface area contributed by atoms with Crippen molar-refractivity contribution >= 4 is 46.5 Å². The summed E-state index contributed by atoms with van der Waals surface area (Å²) >= 11 is 3.34. The summed E-state index contributed by atoms with van der Waals surface area (Å²) in [5.41, 5.74) is 2.19. The third kappa shape index (κ3) is 3.91. The van der Waals surface area contributed by atoms with Crippen LogP contribution in [0.3, 0.4) is 0 Å². The van der Waals surface area contributed by atoms with Crippen molar-refractivity contribution in [1.82, 2.24) is 9.97 Å². The zero-order valence-corrected chi connectivity index (χ0v) is 14.7. The van der Waals surface area contributed by atoms with Gasteiger partial charge in [0, 0.05) is 22.3 Å². The maximum atomic E-state index is 11.0. The van der Waals surface area contributed by atoms with E-state index in [2.05, 4.69) is 30.9 Å². The van der Waals surface area contributed by atoms with E-state index >= 15 is 0 Å². The Labute approximate surface area is 145 Å². The van der Waals surface area contributed by atoms with Gasteiger partial charge < -0.3 is 19.9 Å². The molecule has 0 spiro atoms. The topological polar surface area (TPSA) is 119 Å². The smallest absolute Gasteiger partial charge is 0.329 e. The summed E-state index contributed by atoms with van der Waals surface area (Å²) in [5.74, 6) is -0.0301. The molecule has 3 rings (SSSR count). The number of aromatic nitrogens is 2. The predicted molar refractivity (Wildman–Crippen MR) is 94.9 cm³/mol. The molecule has 0 amide bonds. The minimum Gasteiger partial charge on any atom is -0.494 e. The Morgan fingerprint density at radius 1 is 1.29 bits per heavy atom. The Hall–Kier alpha value is -1.99. The van der Waals surface area contributed by atoms with Crippen LogP contribution in [-0.4, -0.2) is 31.1 Å². The van der Waals surface area contributed by atoms with Gasteiger partial charge in [-0.25, -0.2) is 4.98 Å². The van der Waals surface area contributed by atoms with Crippen LogP contribution in [0.4, 0.5) is 5.69 Å². The number of H-pyrrole nitrogens is 1. The average molecular weight is 410 g/mol. The lowest BCUT2D eigenvalue weighted by Gasteiger charge is -2.03. The molecule has 7 nitrogen and oxygen atoms in total. The summed E-state index contributed by atoms with van der Waals surface area (Å²) < 4.78 is 11.8. The van der Waals surface area contributed by atoms with E-state index in [-0.39, 0.29) is 12.0 Å². The second-order valence-corrected chi connectivity index (χ2v) is 7.75. The number of rotatable bonds is 4. The lowest BCUT2D eigenvalue weighted by molar-refractivity contribution is 0.371. The highest BCUT2D eigenvalue weighted by Crippen LogP contribution is 2.39. The lowest BCUT2D eigenvalue weighted by Crippen LogP contribution is -1.86. The molecule has 24 heavy (non-hydrogen) atoms. The molecule has 9 heteroatoms. The third-order valence-corrected chi connectivity index (χ3v) is 4.51. The van der Waals surface area contributed by atoms with Crippen LogP contribution in [-0.2, 0) is 10.7 Å². The number of fused-ring (bicyclic) bond motifs is 1. The van der Waals surface area contributed by atoms with E-state index in [4.69, 9.17) is 9.79 Å². The van der Waals surface area contributed by atoms with Crippen LogP contribution >= 0.6 is 23.5 Å². The SMILES string of the molecule is O=P(O)(O)Cc1ccc(N=Cc2c(O)[nH]c3ncc(Br)cc23)cc1. The first-order valence-corrected chi connectivity index (χ1v) is 9.45. The molecule has 0 bridgehead atoms. The van der Waals surface area contributed by atoms with Crippen LogP contribution in [0.1, 0.15) is 11.1 Å². The molecule has 0 aliphatic carbocycles. The summed E-state index contributed by atoms with van der Waals surface area (Å²) in [7, 11) is -4.08. The van der Waals surface area contributed by atoms with Crippen LogP contribution in [0.25, 0.3) is 11.0 Å². The number of pyridine rings is 1. The number of halogens is 1. The monoisotopic (exact) mass is 409 g/mol. The van der Waals surface area contributed by atoms with Gasteiger partial charge in [0.2, 0.25) is 0 Å². The molecular weight excluding hydrogens is 397 g/mol. The fourth-order valence-corrected chi connectivity index (χ4v) is 3.26. The van der Waals surface area contributed by atoms with Crippen molar-refractivity contribution in [2.45, 2.75) is 6.16 Å². The Bertz CT molecular complexity index is 963. The van der Waals surface area contributed by atoms with Gasteiger partial charge in [-0.1, -0.05) is 12.1 Å². The van der Waals surface area contributed by atoms with Crippen molar-refractivity contribution in [3.8, 4) is 5.88 Å². The number of hydrogen-bond donors (Lipinski definition) is 4. The highest BCUT2D eigenvalue weighted by atomic mass is 79.9. The van der Waals surface area contributed by atoms with Crippen LogP contribution < -0.4 is 0 Å². The van der Waals surface area contributed by atoms with E-state index < -0.39 is 7.60 Å². The first-order chi connectivity index (χ1) is 11.3. The molecule has 0 unspecified atom stereocenters. The van der Waals surface area contributed by atoms with Crippen LogP contribution in [0, 0.1) is 0 Å². The number of aliphatic imine (C=N–C) groups is 1. The standard InChI is InChI=1S/C15H13BrN3O4P/c16-10-5-12-13(15(20)19-14(12)18-6-10)7-17-11-3-1-9(2-4-11)8-24(21,22)23/h1-7,20H,8H2,(H,18,19)(H2,21,22,23). The second kappa shape index (κ2) is 6.49. The van der Waals surface area contributed by atoms with E-state index in [9.17, 15) is 9.67 Å². The molecular formula is C15H13BrN3O4P. The molecule has 0 saturated carbocycles. The molecule has 1 aromatic carbocycles. The number of aromatic hydroxyl groups is 1. The molecule has 2 aromatic heterocycles. The van der Waals surface area contributed by atoms with Crippen molar-refractivity contribution in [1.29, 1.82) is 0 Å². The zero-order chi connectivity index (χ0) is 17.3. The van der Waals surface area contributed by atoms with Gasteiger partial charge in [0.25, 0.3) is 0 Å². The van der Waals surface area contributed by atoms with Crippen molar-refractivity contribution in [3.63, 3.8) is 0 Å². The summed E-state index contributed by atoms with van der Waals surface area (Å²) in [4.78, 5) is 29.1. The van der Waals surface area contributed by atoms with Crippen LogP contribution in [0.2, 0.25) is 0 Å². The lowest BCUT2D eigenvalue weighted by atomic mass is 10.2. The number of nitrogens with one attached hydrogen (secondary N) is 1. The summed E-state index contributed by atoms with van der Waals surface area (Å²) in [5, 5.41) is 10.7. The summed E-state index contributed by atoms with van der Waals surface area (Å²) in [6.45, 7) is 0. The van der Waals surface area contributed by atoms with Crippen molar-refractivity contribution < 1.29 is 19.5 Å². The highest BCUT2D eigenvalue weighted by Gasteiger charge is 2.13. The molecule has 0 saturated heterocycles. The largest absolute Gasteiger partial charge is 0.494 e. The first-order valence-electron chi connectivity index (χ1n) is 6.85. The normalized spacial score (nSPS) is 12.3. The van der Waals surface area contributed by atoms with E-state index in [1.54, 1.807) is 30.5 Å². The quantitative estimate of drug-likeness (QED) is 0.388. The van der Waals surface area contributed by atoms with E-state index in [0.29, 0.717) is 22.5 Å².